The summed E-state index contributed by atoms with van der Waals surface area (Å²) >= 11 is 0. The van der Waals surface area contributed by atoms with Gasteiger partial charge in [0.25, 0.3) is 0 Å². The predicted octanol–water partition coefficient (Wildman–Crippen LogP) is 2.90. The van der Waals surface area contributed by atoms with Gasteiger partial charge in [0.05, 0.1) is 6.10 Å². The van der Waals surface area contributed by atoms with Gasteiger partial charge in [-0.3, -0.25) is 4.90 Å². The standard InChI is InChI=1S/C17H34N2O/c1-7-13(4)15-11-19(16(10-18-15)12(2)3)17(6)8-9-20-14(17)5/h12-16,18H,7-11H2,1-6H3. The number of nitrogens with zero attached hydrogens (tertiary/aromatic N) is 1. The zero-order valence-electron chi connectivity index (χ0n) is 14.3. The van der Waals surface area contributed by atoms with Crippen LogP contribution in [0.4, 0.5) is 0 Å². The van der Waals surface area contributed by atoms with Crippen LogP contribution >= 0.6 is 0 Å². The summed E-state index contributed by atoms with van der Waals surface area (Å²) in [6, 6.07) is 1.25. The van der Waals surface area contributed by atoms with Crippen LogP contribution in [0.15, 0.2) is 0 Å². The Kier molecular flexibility index (Phi) is 5.14. The smallest absolute Gasteiger partial charge is 0.0728 e. The van der Waals surface area contributed by atoms with Gasteiger partial charge in [-0.2, -0.15) is 0 Å². The fourth-order valence-electron chi connectivity index (χ4n) is 3.85. The second kappa shape index (κ2) is 6.33. The molecule has 0 aliphatic carbocycles. The van der Waals surface area contributed by atoms with Gasteiger partial charge < -0.3 is 10.1 Å². The number of piperazine rings is 1. The van der Waals surface area contributed by atoms with Crippen molar-refractivity contribution in [2.24, 2.45) is 11.8 Å². The Morgan fingerprint density at radius 3 is 2.55 bits per heavy atom. The first-order chi connectivity index (χ1) is 9.40. The minimum atomic E-state index is 0.211. The Hall–Kier alpha value is -0.120. The molecule has 2 rings (SSSR count). The summed E-state index contributed by atoms with van der Waals surface area (Å²) in [6.07, 6.45) is 2.77. The Bertz CT molecular complexity index is 320. The Balaban J connectivity index is 2.19. The number of hydrogen-bond acceptors (Lipinski definition) is 3. The van der Waals surface area contributed by atoms with Crippen molar-refractivity contribution in [3.05, 3.63) is 0 Å². The Morgan fingerprint density at radius 1 is 1.35 bits per heavy atom. The molecule has 0 aromatic carbocycles. The summed E-state index contributed by atoms with van der Waals surface area (Å²) < 4.78 is 5.91. The van der Waals surface area contributed by atoms with Crippen molar-refractivity contribution < 1.29 is 4.74 Å². The summed E-state index contributed by atoms with van der Waals surface area (Å²) in [4.78, 5) is 2.78. The first-order valence-electron chi connectivity index (χ1n) is 8.51. The summed E-state index contributed by atoms with van der Waals surface area (Å²) in [5.41, 5.74) is 0.211. The van der Waals surface area contributed by atoms with Crippen molar-refractivity contribution in [3.8, 4) is 0 Å². The van der Waals surface area contributed by atoms with Gasteiger partial charge in [0.2, 0.25) is 0 Å². The molecule has 2 aliphatic heterocycles. The molecular formula is C17H34N2O. The third-order valence-electron chi connectivity index (χ3n) is 5.99. The molecule has 3 nitrogen and oxygen atoms in total. The second-order valence-electron chi connectivity index (χ2n) is 7.48. The van der Waals surface area contributed by atoms with Gasteiger partial charge in [-0.05, 0) is 32.1 Å². The molecule has 0 radical (unpaired) electrons. The number of rotatable bonds is 4. The van der Waals surface area contributed by atoms with E-state index >= 15 is 0 Å². The van der Waals surface area contributed by atoms with E-state index in [4.69, 9.17) is 4.74 Å². The van der Waals surface area contributed by atoms with Crippen molar-refractivity contribution in [1.82, 2.24) is 10.2 Å². The van der Waals surface area contributed by atoms with Crippen LogP contribution in [-0.2, 0) is 4.74 Å². The lowest BCUT2D eigenvalue weighted by Gasteiger charge is -2.52. The fraction of sp³-hybridized carbons (Fsp3) is 1.00. The van der Waals surface area contributed by atoms with E-state index in [0.717, 1.165) is 19.1 Å². The SMILES string of the molecule is CCC(C)C1CN(C2(C)CCOC2C)C(C(C)C)CN1. The molecule has 0 saturated carbocycles. The number of nitrogens with one attached hydrogen (secondary N) is 1. The molecule has 3 heteroatoms. The molecule has 0 bridgehead atoms. The largest absolute Gasteiger partial charge is 0.377 e. The molecule has 0 amide bonds. The van der Waals surface area contributed by atoms with Crippen molar-refractivity contribution in [3.63, 3.8) is 0 Å². The molecule has 0 aromatic heterocycles. The lowest BCUT2D eigenvalue weighted by molar-refractivity contribution is -0.0425. The monoisotopic (exact) mass is 282 g/mol. The van der Waals surface area contributed by atoms with E-state index in [9.17, 15) is 0 Å². The molecule has 2 saturated heterocycles. The van der Waals surface area contributed by atoms with Crippen LogP contribution in [-0.4, -0.2) is 48.3 Å². The molecule has 1 N–H and O–H groups in total. The summed E-state index contributed by atoms with van der Waals surface area (Å²) in [6.45, 7) is 17.3. The van der Waals surface area contributed by atoms with E-state index in [-0.39, 0.29) is 5.54 Å². The molecule has 2 fully saturated rings. The van der Waals surface area contributed by atoms with Crippen LogP contribution in [0.2, 0.25) is 0 Å². The minimum absolute atomic E-state index is 0.211. The van der Waals surface area contributed by atoms with Crippen LogP contribution in [0.3, 0.4) is 0 Å². The van der Waals surface area contributed by atoms with Gasteiger partial charge in [-0.15, -0.1) is 0 Å². The van der Waals surface area contributed by atoms with Gasteiger partial charge in [0.1, 0.15) is 0 Å². The van der Waals surface area contributed by atoms with Crippen molar-refractivity contribution in [2.45, 2.75) is 78.1 Å². The van der Waals surface area contributed by atoms with Crippen LogP contribution in [0.1, 0.15) is 54.4 Å². The number of hydrogen-bond donors (Lipinski definition) is 1. The summed E-state index contributed by atoms with van der Waals surface area (Å²) in [5, 5.41) is 3.80. The highest BCUT2D eigenvalue weighted by Gasteiger charge is 2.47. The first kappa shape index (κ1) is 16.3. The van der Waals surface area contributed by atoms with E-state index in [0.29, 0.717) is 24.1 Å². The molecule has 5 unspecified atom stereocenters. The van der Waals surface area contributed by atoms with Gasteiger partial charge in [-0.25, -0.2) is 0 Å². The second-order valence-corrected chi connectivity index (χ2v) is 7.48. The van der Waals surface area contributed by atoms with Crippen molar-refractivity contribution >= 4 is 0 Å². The third-order valence-corrected chi connectivity index (χ3v) is 5.99. The molecule has 2 heterocycles. The van der Waals surface area contributed by atoms with Gasteiger partial charge in [0, 0.05) is 37.3 Å². The molecule has 20 heavy (non-hydrogen) atoms. The zero-order chi connectivity index (χ0) is 14.9. The zero-order valence-corrected chi connectivity index (χ0v) is 14.3. The molecule has 118 valence electrons. The summed E-state index contributed by atoms with van der Waals surface area (Å²) in [5.74, 6) is 1.43. The molecule has 2 aliphatic rings. The molecular weight excluding hydrogens is 248 g/mol. The van der Waals surface area contributed by atoms with Crippen molar-refractivity contribution in [1.29, 1.82) is 0 Å². The van der Waals surface area contributed by atoms with Crippen LogP contribution in [0.5, 0.6) is 0 Å². The molecule has 0 spiro atoms. The van der Waals surface area contributed by atoms with Crippen LogP contribution in [0.25, 0.3) is 0 Å². The van der Waals surface area contributed by atoms with Gasteiger partial charge in [0.15, 0.2) is 0 Å². The van der Waals surface area contributed by atoms with E-state index in [1.807, 2.05) is 0 Å². The van der Waals surface area contributed by atoms with Crippen molar-refractivity contribution in [2.75, 3.05) is 19.7 Å². The lowest BCUT2D eigenvalue weighted by Crippen LogP contribution is -2.67. The highest BCUT2D eigenvalue weighted by molar-refractivity contribution is 5.03. The quantitative estimate of drug-likeness (QED) is 0.858. The average molecular weight is 282 g/mol. The van der Waals surface area contributed by atoms with E-state index < -0.39 is 0 Å². The van der Waals surface area contributed by atoms with E-state index in [1.165, 1.54) is 19.4 Å². The molecule has 0 aromatic rings. The van der Waals surface area contributed by atoms with E-state index in [2.05, 4.69) is 51.8 Å². The van der Waals surface area contributed by atoms with Crippen LogP contribution < -0.4 is 5.32 Å². The normalized spacial score (nSPS) is 41.2. The first-order valence-corrected chi connectivity index (χ1v) is 8.51. The molecule has 5 atom stereocenters. The third kappa shape index (κ3) is 2.90. The highest BCUT2D eigenvalue weighted by Crippen LogP contribution is 2.36. The highest BCUT2D eigenvalue weighted by atomic mass is 16.5. The maximum atomic E-state index is 5.91. The Morgan fingerprint density at radius 2 is 2.05 bits per heavy atom. The topological polar surface area (TPSA) is 24.5 Å². The fourth-order valence-corrected chi connectivity index (χ4v) is 3.85. The van der Waals surface area contributed by atoms with Gasteiger partial charge in [-0.1, -0.05) is 34.1 Å². The number of ether oxygens (including phenoxy) is 1. The lowest BCUT2D eigenvalue weighted by atomic mass is 9.84. The van der Waals surface area contributed by atoms with Gasteiger partial charge >= 0.3 is 0 Å². The minimum Gasteiger partial charge on any atom is -0.377 e. The van der Waals surface area contributed by atoms with E-state index in [1.54, 1.807) is 0 Å². The predicted molar refractivity (Wildman–Crippen MR) is 85.0 cm³/mol. The Labute approximate surface area is 125 Å². The maximum Gasteiger partial charge on any atom is 0.0728 e. The maximum absolute atomic E-state index is 5.91. The summed E-state index contributed by atoms with van der Waals surface area (Å²) in [7, 11) is 0. The van der Waals surface area contributed by atoms with Crippen LogP contribution in [0, 0.1) is 11.8 Å². The average Bonchev–Trinajstić information content (AvgIpc) is 2.78.